The maximum atomic E-state index is 11.8. The normalized spacial score (nSPS) is 13.0. The fraction of sp³-hybridized carbons (Fsp3) is 0.833. The quantitative estimate of drug-likeness (QED) is 0.496. The molecule has 0 aromatic carbocycles. The highest BCUT2D eigenvalue weighted by Crippen LogP contribution is 2.12. The predicted molar refractivity (Wildman–Crippen MR) is 64.3 cm³/mol. The number of likely N-dealkylation sites (N-methyl/N-ethyl adjacent to an activating group) is 1. The molecule has 0 rings (SSSR count). The standard InChI is InChI=1S/C12H24NO4/c1-6-16-11(14)9-8-10(13(3,4)5)12(15)17-7-2/h10H,6-9H2,1-5H3/q+1. The molecule has 1 atom stereocenters. The summed E-state index contributed by atoms with van der Waals surface area (Å²) in [6, 6.07) is -0.334. The van der Waals surface area contributed by atoms with Gasteiger partial charge in [-0.05, 0) is 13.8 Å². The van der Waals surface area contributed by atoms with Crippen LogP contribution < -0.4 is 0 Å². The van der Waals surface area contributed by atoms with Gasteiger partial charge >= 0.3 is 11.9 Å². The Morgan fingerprint density at radius 1 is 1.06 bits per heavy atom. The summed E-state index contributed by atoms with van der Waals surface area (Å²) in [7, 11) is 5.73. The zero-order chi connectivity index (χ0) is 13.5. The Hall–Kier alpha value is -1.10. The lowest BCUT2D eigenvalue weighted by Gasteiger charge is -2.32. The van der Waals surface area contributed by atoms with E-state index in [9.17, 15) is 9.59 Å². The number of hydrogen-bond acceptors (Lipinski definition) is 4. The summed E-state index contributed by atoms with van der Waals surface area (Å²) in [6.07, 6.45) is 0.688. The van der Waals surface area contributed by atoms with E-state index in [0.29, 0.717) is 24.1 Å². The van der Waals surface area contributed by atoms with Crippen molar-refractivity contribution >= 4 is 11.9 Å². The summed E-state index contributed by atoms with van der Waals surface area (Å²) in [5.41, 5.74) is 0. The molecule has 0 heterocycles. The molecule has 100 valence electrons. The van der Waals surface area contributed by atoms with E-state index >= 15 is 0 Å². The van der Waals surface area contributed by atoms with Crippen molar-refractivity contribution in [2.75, 3.05) is 34.4 Å². The van der Waals surface area contributed by atoms with Crippen molar-refractivity contribution in [3.8, 4) is 0 Å². The minimum absolute atomic E-state index is 0.243. The van der Waals surface area contributed by atoms with Crippen molar-refractivity contribution < 1.29 is 23.5 Å². The molecular formula is C12H24NO4+. The molecule has 0 radical (unpaired) electrons. The van der Waals surface area contributed by atoms with Gasteiger partial charge in [0.1, 0.15) is 0 Å². The van der Waals surface area contributed by atoms with Gasteiger partial charge in [0.15, 0.2) is 6.04 Å². The molecule has 0 aliphatic heterocycles. The molecule has 0 bridgehead atoms. The van der Waals surface area contributed by atoms with Crippen molar-refractivity contribution in [2.45, 2.75) is 32.7 Å². The Morgan fingerprint density at radius 3 is 2.00 bits per heavy atom. The highest BCUT2D eigenvalue weighted by atomic mass is 16.5. The zero-order valence-corrected chi connectivity index (χ0v) is 11.5. The molecule has 5 nitrogen and oxygen atoms in total. The van der Waals surface area contributed by atoms with Gasteiger partial charge in [-0.3, -0.25) is 4.79 Å². The minimum atomic E-state index is -0.334. The molecule has 0 saturated carbocycles. The molecule has 0 N–H and O–H groups in total. The molecule has 0 spiro atoms. The predicted octanol–water partition coefficient (Wildman–Crippen LogP) is 0.968. The topological polar surface area (TPSA) is 52.6 Å². The summed E-state index contributed by atoms with van der Waals surface area (Å²) in [5.74, 6) is -0.528. The first-order chi connectivity index (χ1) is 7.82. The van der Waals surface area contributed by atoms with Gasteiger partial charge < -0.3 is 14.0 Å². The number of rotatable bonds is 7. The van der Waals surface area contributed by atoms with Crippen LogP contribution in [0, 0.1) is 0 Å². The van der Waals surface area contributed by atoms with Gasteiger partial charge in [0.25, 0.3) is 0 Å². The van der Waals surface area contributed by atoms with Gasteiger partial charge in [0.05, 0.1) is 40.8 Å². The average molecular weight is 246 g/mol. The smallest absolute Gasteiger partial charge is 0.364 e. The number of ether oxygens (including phenoxy) is 2. The first-order valence-corrected chi connectivity index (χ1v) is 5.96. The third-order valence-electron chi connectivity index (χ3n) is 2.42. The number of carbonyl (C=O) groups is 2. The third kappa shape index (κ3) is 6.26. The summed E-state index contributed by atoms with van der Waals surface area (Å²) in [5, 5.41) is 0. The Labute approximate surface area is 103 Å². The van der Waals surface area contributed by atoms with E-state index in [1.165, 1.54) is 0 Å². The van der Waals surface area contributed by atoms with Crippen LogP contribution in [0.5, 0.6) is 0 Å². The molecule has 0 amide bonds. The molecule has 0 fully saturated rings. The molecule has 0 aliphatic carbocycles. The van der Waals surface area contributed by atoms with Gasteiger partial charge in [0.2, 0.25) is 0 Å². The Bertz CT molecular complexity index is 258. The van der Waals surface area contributed by atoms with E-state index in [1.807, 2.05) is 21.1 Å². The van der Waals surface area contributed by atoms with Gasteiger partial charge in [-0.15, -0.1) is 0 Å². The van der Waals surface area contributed by atoms with E-state index < -0.39 is 0 Å². The van der Waals surface area contributed by atoms with Crippen LogP contribution in [0.3, 0.4) is 0 Å². The second-order valence-corrected chi connectivity index (χ2v) is 4.73. The average Bonchev–Trinajstić information content (AvgIpc) is 2.16. The molecule has 0 aromatic rings. The van der Waals surface area contributed by atoms with Crippen molar-refractivity contribution in [1.29, 1.82) is 0 Å². The van der Waals surface area contributed by atoms with Crippen molar-refractivity contribution in [1.82, 2.24) is 0 Å². The van der Waals surface area contributed by atoms with E-state index in [0.717, 1.165) is 0 Å². The highest BCUT2D eigenvalue weighted by Gasteiger charge is 2.33. The number of carbonyl (C=O) groups excluding carboxylic acids is 2. The van der Waals surface area contributed by atoms with E-state index in [1.54, 1.807) is 13.8 Å². The van der Waals surface area contributed by atoms with Gasteiger partial charge in [-0.2, -0.15) is 0 Å². The Balaban J connectivity index is 4.41. The monoisotopic (exact) mass is 246 g/mol. The van der Waals surface area contributed by atoms with E-state index in [-0.39, 0.29) is 24.4 Å². The largest absolute Gasteiger partial charge is 0.466 e. The van der Waals surface area contributed by atoms with Crippen LogP contribution in [0.4, 0.5) is 0 Å². The van der Waals surface area contributed by atoms with Crippen LogP contribution in [0.15, 0.2) is 0 Å². The maximum absolute atomic E-state index is 11.8. The van der Waals surface area contributed by atoms with Gasteiger partial charge in [0, 0.05) is 6.42 Å². The number of esters is 2. The number of quaternary nitrogens is 1. The Morgan fingerprint density at radius 2 is 1.59 bits per heavy atom. The van der Waals surface area contributed by atoms with Crippen molar-refractivity contribution in [3.05, 3.63) is 0 Å². The number of nitrogens with zero attached hydrogens (tertiary/aromatic N) is 1. The summed E-state index contributed by atoms with van der Waals surface area (Å²) in [4.78, 5) is 23.0. The summed E-state index contributed by atoms with van der Waals surface area (Å²) < 4.78 is 10.3. The van der Waals surface area contributed by atoms with Crippen LogP contribution in [-0.4, -0.2) is 56.8 Å². The van der Waals surface area contributed by atoms with Crippen LogP contribution in [-0.2, 0) is 19.1 Å². The molecule has 0 saturated heterocycles. The second-order valence-electron chi connectivity index (χ2n) is 4.73. The lowest BCUT2D eigenvalue weighted by molar-refractivity contribution is -0.887. The summed E-state index contributed by atoms with van der Waals surface area (Å²) in [6.45, 7) is 4.26. The molecule has 17 heavy (non-hydrogen) atoms. The fourth-order valence-corrected chi connectivity index (χ4v) is 1.55. The SMILES string of the molecule is CCOC(=O)CCC(C(=O)OCC)[N+](C)(C)C. The lowest BCUT2D eigenvalue weighted by Crippen LogP contribution is -2.50. The van der Waals surface area contributed by atoms with E-state index in [2.05, 4.69) is 0 Å². The highest BCUT2D eigenvalue weighted by molar-refractivity contribution is 5.76. The van der Waals surface area contributed by atoms with Crippen molar-refractivity contribution in [2.24, 2.45) is 0 Å². The first-order valence-electron chi connectivity index (χ1n) is 5.96. The molecule has 1 unspecified atom stereocenters. The molecule has 0 aliphatic rings. The third-order valence-corrected chi connectivity index (χ3v) is 2.42. The van der Waals surface area contributed by atoms with Crippen LogP contribution in [0.2, 0.25) is 0 Å². The van der Waals surface area contributed by atoms with Crippen LogP contribution >= 0.6 is 0 Å². The second kappa shape index (κ2) is 7.27. The number of hydrogen-bond donors (Lipinski definition) is 0. The molecule has 0 aromatic heterocycles. The first kappa shape index (κ1) is 15.9. The molecular weight excluding hydrogens is 222 g/mol. The Kier molecular flexibility index (Phi) is 6.80. The zero-order valence-electron chi connectivity index (χ0n) is 11.5. The van der Waals surface area contributed by atoms with Crippen LogP contribution in [0.1, 0.15) is 26.7 Å². The lowest BCUT2D eigenvalue weighted by atomic mass is 10.1. The maximum Gasteiger partial charge on any atom is 0.364 e. The van der Waals surface area contributed by atoms with E-state index in [4.69, 9.17) is 9.47 Å². The minimum Gasteiger partial charge on any atom is -0.466 e. The summed E-state index contributed by atoms with van der Waals surface area (Å²) >= 11 is 0. The van der Waals surface area contributed by atoms with Crippen LogP contribution in [0.25, 0.3) is 0 Å². The van der Waals surface area contributed by atoms with Crippen molar-refractivity contribution in [3.63, 3.8) is 0 Å². The van der Waals surface area contributed by atoms with Gasteiger partial charge in [-0.1, -0.05) is 0 Å². The fourth-order valence-electron chi connectivity index (χ4n) is 1.55. The van der Waals surface area contributed by atoms with Gasteiger partial charge in [-0.25, -0.2) is 4.79 Å². The molecule has 5 heteroatoms.